The van der Waals surface area contributed by atoms with Gasteiger partial charge in [0.1, 0.15) is 5.82 Å². The molecule has 0 saturated carbocycles. The zero-order valence-corrected chi connectivity index (χ0v) is 15.0. The molecule has 1 aromatic carbocycles. The van der Waals surface area contributed by atoms with Crippen LogP contribution in [0.25, 0.3) is 0 Å². The molecule has 3 rings (SSSR count). The minimum Gasteiger partial charge on any atom is -0.381 e. The largest absolute Gasteiger partial charge is 0.381 e. The third kappa shape index (κ3) is 4.43. The van der Waals surface area contributed by atoms with Gasteiger partial charge in [-0.25, -0.2) is 13.4 Å². The van der Waals surface area contributed by atoms with E-state index < -0.39 is 10.0 Å². The van der Waals surface area contributed by atoms with Gasteiger partial charge in [0.2, 0.25) is 15.2 Å². The quantitative estimate of drug-likeness (QED) is 0.814. The third-order valence-electron chi connectivity index (χ3n) is 3.82. The van der Waals surface area contributed by atoms with Gasteiger partial charge in [0, 0.05) is 42.0 Å². The van der Waals surface area contributed by atoms with Crippen molar-refractivity contribution in [3.63, 3.8) is 0 Å². The summed E-state index contributed by atoms with van der Waals surface area (Å²) in [5.41, 5.74) is 1.38. The molecule has 2 aromatic rings. The summed E-state index contributed by atoms with van der Waals surface area (Å²) >= 11 is 1.33. The Morgan fingerprint density at radius 1 is 1.21 bits per heavy atom. The van der Waals surface area contributed by atoms with E-state index in [1.807, 2.05) is 12.1 Å². The van der Waals surface area contributed by atoms with Gasteiger partial charge in [-0.2, -0.15) is 4.37 Å². The molecular weight excluding hydrogens is 348 g/mol. The molecule has 0 amide bonds. The van der Waals surface area contributed by atoms with Gasteiger partial charge in [0.15, 0.2) is 0 Å². The minimum absolute atomic E-state index is 0.0484. The molecule has 7 nitrogen and oxygen atoms in total. The molecule has 2 N–H and O–H groups in total. The van der Waals surface area contributed by atoms with Gasteiger partial charge in [-0.3, -0.25) is 4.72 Å². The SMILES string of the molecule is CCS(=O)(=O)Nc1ccc(Nc2nc(C3CCOCC3)ns2)cc1. The fraction of sp³-hybridized carbons (Fsp3) is 0.467. The maximum Gasteiger partial charge on any atom is 0.232 e. The van der Waals surface area contributed by atoms with Crippen LogP contribution in [-0.2, 0) is 14.8 Å². The molecule has 1 saturated heterocycles. The number of benzene rings is 1. The Bertz CT molecular complexity index is 768. The molecule has 1 fully saturated rings. The Kier molecular flexibility index (Phi) is 5.32. The average Bonchev–Trinajstić information content (AvgIpc) is 3.06. The maximum absolute atomic E-state index is 11.5. The van der Waals surface area contributed by atoms with Crippen LogP contribution in [0.1, 0.15) is 31.5 Å². The molecule has 1 aliphatic rings. The lowest BCUT2D eigenvalue weighted by molar-refractivity contribution is 0.0838. The number of hydrogen-bond donors (Lipinski definition) is 2. The number of anilines is 3. The summed E-state index contributed by atoms with van der Waals surface area (Å²) in [6, 6.07) is 7.05. The first kappa shape index (κ1) is 17.1. The summed E-state index contributed by atoms with van der Waals surface area (Å²) in [6.45, 7) is 3.13. The molecule has 24 heavy (non-hydrogen) atoms. The standard InChI is InChI=1S/C15H20N4O3S2/c1-2-24(20,21)19-13-5-3-12(4-6-13)16-15-17-14(18-23-15)11-7-9-22-10-8-11/h3-6,11,19H,2,7-10H2,1H3,(H,16,17,18). The van der Waals surface area contributed by atoms with Gasteiger partial charge in [0.05, 0.1) is 5.75 Å². The molecule has 0 spiro atoms. The molecule has 0 bridgehead atoms. The normalized spacial score (nSPS) is 16.0. The molecule has 1 aromatic heterocycles. The van der Waals surface area contributed by atoms with Crippen LogP contribution < -0.4 is 10.0 Å². The summed E-state index contributed by atoms with van der Waals surface area (Å²) in [6.07, 6.45) is 1.92. The number of rotatable bonds is 6. The van der Waals surface area contributed by atoms with Gasteiger partial charge >= 0.3 is 0 Å². The molecule has 9 heteroatoms. The topological polar surface area (TPSA) is 93.2 Å². The Morgan fingerprint density at radius 3 is 2.54 bits per heavy atom. The number of aromatic nitrogens is 2. The first-order valence-electron chi connectivity index (χ1n) is 7.84. The van der Waals surface area contributed by atoms with E-state index in [1.165, 1.54) is 11.5 Å². The lowest BCUT2D eigenvalue weighted by atomic mass is 10.00. The zero-order valence-electron chi connectivity index (χ0n) is 13.4. The highest BCUT2D eigenvalue weighted by atomic mass is 32.2. The summed E-state index contributed by atoms with van der Waals surface area (Å²) in [5, 5.41) is 3.94. The van der Waals surface area contributed by atoms with Crippen LogP contribution in [0.5, 0.6) is 0 Å². The van der Waals surface area contributed by atoms with E-state index in [-0.39, 0.29) is 5.75 Å². The van der Waals surface area contributed by atoms with Crippen molar-refractivity contribution >= 4 is 38.1 Å². The third-order valence-corrected chi connectivity index (χ3v) is 5.77. The molecule has 2 heterocycles. The number of sulfonamides is 1. The Labute approximate surface area is 145 Å². The van der Waals surface area contributed by atoms with E-state index in [2.05, 4.69) is 19.4 Å². The van der Waals surface area contributed by atoms with Crippen LogP contribution in [0.3, 0.4) is 0 Å². The monoisotopic (exact) mass is 368 g/mol. The van der Waals surface area contributed by atoms with E-state index in [4.69, 9.17) is 4.74 Å². The van der Waals surface area contributed by atoms with Crippen LogP contribution in [0.4, 0.5) is 16.5 Å². The van der Waals surface area contributed by atoms with Crippen molar-refractivity contribution in [3.05, 3.63) is 30.1 Å². The Morgan fingerprint density at radius 2 is 1.88 bits per heavy atom. The number of ether oxygens (including phenoxy) is 1. The molecule has 1 aliphatic heterocycles. The number of nitrogens with zero attached hydrogens (tertiary/aromatic N) is 2. The lowest BCUT2D eigenvalue weighted by Gasteiger charge is -2.18. The average molecular weight is 368 g/mol. The van der Waals surface area contributed by atoms with Crippen molar-refractivity contribution < 1.29 is 13.2 Å². The van der Waals surface area contributed by atoms with Crippen molar-refractivity contribution in [1.82, 2.24) is 9.36 Å². The van der Waals surface area contributed by atoms with Crippen molar-refractivity contribution in [2.45, 2.75) is 25.7 Å². The van der Waals surface area contributed by atoms with Crippen LogP contribution in [0.2, 0.25) is 0 Å². The highest BCUT2D eigenvalue weighted by Crippen LogP contribution is 2.28. The van der Waals surface area contributed by atoms with E-state index in [0.717, 1.165) is 42.7 Å². The molecule has 130 valence electrons. The van der Waals surface area contributed by atoms with E-state index in [1.54, 1.807) is 19.1 Å². The molecule has 0 radical (unpaired) electrons. The predicted octanol–water partition coefficient (Wildman–Crippen LogP) is 2.94. The summed E-state index contributed by atoms with van der Waals surface area (Å²) in [5.74, 6) is 1.29. The predicted molar refractivity (Wildman–Crippen MR) is 95.5 cm³/mol. The fourth-order valence-corrected chi connectivity index (χ4v) is 3.71. The van der Waals surface area contributed by atoms with Crippen LogP contribution in [-0.4, -0.2) is 36.7 Å². The smallest absolute Gasteiger partial charge is 0.232 e. The second-order valence-corrected chi connectivity index (χ2v) is 8.32. The second-order valence-electron chi connectivity index (χ2n) is 5.55. The number of hydrogen-bond acceptors (Lipinski definition) is 7. The van der Waals surface area contributed by atoms with Gasteiger partial charge in [0.25, 0.3) is 0 Å². The maximum atomic E-state index is 11.5. The minimum atomic E-state index is -3.25. The van der Waals surface area contributed by atoms with Gasteiger partial charge in [-0.15, -0.1) is 0 Å². The summed E-state index contributed by atoms with van der Waals surface area (Å²) < 4.78 is 35.4. The van der Waals surface area contributed by atoms with Gasteiger partial charge < -0.3 is 10.1 Å². The molecular formula is C15H20N4O3S2. The number of nitrogens with one attached hydrogen (secondary N) is 2. The van der Waals surface area contributed by atoms with Crippen LogP contribution in [0.15, 0.2) is 24.3 Å². The first-order valence-corrected chi connectivity index (χ1v) is 10.3. The zero-order chi connectivity index (χ0) is 17.0. The lowest BCUT2D eigenvalue weighted by Crippen LogP contribution is -2.15. The van der Waals surface area contributed by atoms with E-state index in [9.17, 15) is 8.42 Å². The van der Waals surface area contributed by atoms with E-state index in [0.29, 0.717) is 11.6 Å². The molecule has 0 aliphatic carbocycles. The Hall–Kier alpha value is -1.71. The Balaban J connectivity index is 1.63. The van der Waals surface area contributed by atoms with Crippen LogP contribution in [0, 0.1) is 0 Å². The summed E-state index contributed by atoms with van der Waals surface area (Å²) in [4.78, 5) is 4.55. The van der Waals surface area contributed by atoms with Gasteiger partial charge in [-0.05, 0) is 44.0 Å². The van der Waals surface area contributed by atoms with Crippen molar-refractivity contribution in [2.75, 3.05) is 29.0 Å². The van der Waals surface area contributed by atoms with E-state index >= 15 is 0 Å². The highest BCUT2D eigenvalue weighted by molar-refractivity contribution is 7.92. The van der Waals surface area contributed by atoms with Crippen LogP contribution >= 0.6 is 11.5 Å². The van der Waals surface area contributed by atoms with Crippen molar-refractivity contribution in [2.24, 2.45) is 0 Å². The first-order chi connectivity index (χ1) is 11.6. The summed E-state index contributed by atoms with van der Waals surface area (Å²) in [7, 11) is -3.25. The highest BCUT2D eigenvalue weighted by Gasteiger charge is 2.20. The molecule has 0 atom stereocenters. The fourth-order valence-electron chi connectivity index (χ4n) is 2.40. The second kappa shape index (κ2) is 7.45. The van der Waals surface area contributed by atoms with Gasteiger partial charge in [-0.1, -0.05) is 0 Å². The van der Waals surface area contributed by atoms with Crippen molar-refractivity contribution in [1.29, 1.82) is 0 Å². The molecule has 0 unspecified atom stereocenters. The van der Waals surface area contributed by atoms with Crippen molar-refractivity contribution in [3.8, 4) is 0 Å².